The lowest BCUT2D eigenvalue weighted by atomic mass is 10.0. The van der Waals surface area contributed by atoms with Crippen molar-refractivity contribution < 1.29 is 4.79 Å². The molecule has 0 saturated heterocycles. The summed E-state index contributed by atoms with van der Waals surface area (Å²) in [7, 11) is 0. The molecule has 1 amide bonds. The number of carbonyl (C=O) groups is 1. The van der Waals surface area contributed by atoms with Crippen molar-refractivity contribution in [3.8, 4) is 0 Å². The molecule has 0 aliphatic carbocycles. The second kappa shape index (κ2) is 6.71. The third-order valence-corrected chi connectivity index (χ3v) is 4.56. The van der Waals surface area contributed by atoms with Crippen molar-refractivity contribution >= 4 is 17.5 Å². The van der Waals surface area contributed by atoms with Crippen LogP contribution in [-0.2, 0) is 19.5 Å². The van der Waals surface area contributed by atoms with Crippen LogP contribution in [0.25, 0.3) is 0 Å². The summed E-state index contributed by atoms with van der Waals surface area (Å²) in [6, 6.07) is 5.46. The van der Waals surface area contributed by atoms with Crippen LogP contribution in [-0.4, -0.2) is 20.7 Å². The maximum atomic E-state index is 12.3. The highest BCUT2D eigenvalue weighted by Gasteiger charge is 2.17. The molecule has 2 aromatic rings. The number of hydrogen-bond donors (Lipinski definition) is 1. The zero-order chi connectivity index (χ0) is 16.4. The quantitative estimate of drug-likeness (QED) is 0.934. The van der Waals surface area contributed by atoms with E-state index in [1.54, 1.807) is 6.07 Å². The predicted octanol–water partition coefficient (Wildman–Crippen LogP) is 3.32. The van der Waals surface area contributed by atoms with Crippen LogP contribution in [0.15, 0.2) is 18.2 Å². The average molecular weight is 333 g/mol. The Labute approximate surface area is 141 Å². The van der Waals surface area contributed by atoms with Crippen molar-refractivity contribution in [2.45, 2.75) is 52.1 Å². The van der Waals surface area contributed by atoms with E-state index in [0.717, 1.165) is 43.0 Å². The van der Waals surface area contributed by atoms with Gasteiger partial charge in [-0.1, -0.05) is 31.5 Å². The minimum atomic E-state index is -0.143. The highest BCUT2D eigenvalue weighted by molar-refractivity contribution is 6.31. The highest BCUT2D eigenvalue weighted by Crippen LogP contribution is 2.25. The Hall–Kier alpha value is -1.88. The van der Waals surface area contributed by atoms with Crippen LogP contribution >= 0.6 is 11.6 Å². The SMILES string of the molecule is CC(C)c1ccc(C(=O)NCc2nnc3n2CCCC3)cc1Cl. The lowest BCUT2D eigenvalue weighted by Gasteiger charge is -2.15. The first kappa shape index (κ1) is 16.0. The molecule has 1 N–H and O–H groups in total. The zero-order valence-electron chi connectivity index (χ0n) is 13.5. The second-order valence-electron chi connectivity index (χ2n) is 6.21. The number of rotatable bonds is 4. The molecule has 0 bridgehead atoms. The summed E-state index contributed by atoms with van der Waals surface area (Å²) in [5.74, 6) is 2.03. The summed E-state index contributed by atoms with van der Waals surface area (Å²) < 4.78 is 2.11. The van der Waals surface area contributed by atoms with E-state index in [2.05, 4.69) is 33.9 Å². The van der Waals surface area contributed by atoms with E-state index in [0.29, 0.717) is 23.0 Å². The molecule has 1 aromatic heterocycles. The van der Waals surface area contributed by atoms with Gasteiger partial charge in [0.15, 0.2) is 5.82 Å². The van der Waals surface area contributed by atoms with E-state index in [-0.39, 0.29) is 5.91 Å². The van der Waals surface area contributed by atoms with Crippen LogP contribution in [0, 0.1) is 0 Å². The molecule has 1 aliphatic heterocycles. The Morgan fingerprint density at radius 3 is 2.91 bits per heavy atom. The fraction of sp³-hybridized carbons (Fsp3) is 0.471. The van der Waals surface area contributed by atoms with E-state index in [1.807, 2.05) is 12.1 Å². The van der Waals surface area contributed by atoms with Crippen molar-refractivity contribution in [1.82, 2.24) is 20.1 Å². The smallest absolute Gasteiger partial charge is 0.251 e. The molecule has 23 heavy (non-hydrogen) atoms. The first-order valence-electron chi connectivity index (χ1n) is 8.05. The molecule has 1 aliphatic rings. The lowest BCUT2D eigenvalue weighted by Crippen LogP contribution is -2.25. The van der Waals surface area contributed by atoms with Crippen molar-refractivity contribution in [2.24, 2.45) is 0 Å². The largest absolute Gasteiger partial charge is 0.345 e. The van der Waals surface area contributed by atoms with Gasteiger partial charge in [0.05, 0.1) is 6.54 Å². The van der Waals surface area contributed by atoms with Gasteiger partial charge in [-0.2, -0.15) is 0 Å². The Bertz CT molecular complexity index is 723. The Kier molecular flexibility index (Phi) is 4.66. The van der Waals surface area contributed by atoms with Crippen molar-refractivity contribution in [3.05, 3.63) is 46.0 Å². The molecule has 3 rings (SSSR count). The van der Waals surface area contributed by atoms with Crippen molar-refractivity contribution in [3.63, 3.8) is 0 Å². The minimum absolute atomic E-state index is 0.143. The monoisotopic (exact) mass is 332 g/mol. The second-order valence-corrected chi connectivity index (χ2v) is 6.62. The van der Waals surface area contributed by atoms with Crippen molar-refractivity contribution in [1.29, 1.82) is 0 Å². The summed E-state index contributed by atoms with van der Waals surface area (Å²) in [6.07, 6.45) is 3.26. The van der Waals surface area contributed by atoms with Crippen LogP contribution in [0.2, 0.25) is 5.02 Å². The number of nitrogens with one attached hydrogen (secondary N) is 1. The molecule has 0 fully saturated rings. The number of benzene rings is 1. The normalized spacial score (nSPS) is 13.9. The van der Waals surface area contributed by atoms with Gasteiger partial charge in [-0.15, -0.1) is 10.2 Å². The van der Waals surface area contributed by atoms with Crippen molar-refractivity contribution in [2.75, 3.05) is 0 Å². The minimum Gasteiger partial charge on any atom is -0.345 e. The molecule has 1 aromatic carbocycles. The lowest BCUT2D eigenvalue weighted by molar-refractivity contribution is 0.0949. The maximum Gasteiger partial charge on any atom is 0.251 e. The fourth-order valence-corrected chi connectivity index (χ4v) is 3.30. The number of amides is 1. The van der Waals surface area contributed by atoms with Gasteiger partial charge in [-0.25, -0.2) is 0 Å². The first-order valence-corrected chi connectivity index (χ1v) is 8.42. The summed E-state index contributed by atoms with van der Waals surface area (Å²) in [5.41, 5.74) is 1.62. The number of nitrogens with zero attached hydrogens (tertiary/aromatic N) is 3. The molecule has 5 nitrogen and oxygen atoms in total. The first-order chi connectivity index (χ1) is 11.1. The van der Waals surface area contributed by atoms with Crippen LogP contribution in [0.3, 0.4) is 0 Å². The summed E-state index contributed by atoms with van der Waals surface area (Å²) in [4.78, 5) is 12.3. The molecular weight excluding hydrogens is 312 g/mol. The van der Waals surface area contributed by atoms with Gasteiger partial charge in [-0.05, 0) is 36.5 Å². The van der Waals surface area contributed by atoms with Gasteiger partial charge in [0.2, 0.25) is 0 Å². The third kappa shape index (κ3) is 3.39. The van der Waals surface area contributed by atoms with E-state index in [9.17, 15) is 4.79 Å². The number of carbonyl (C=O) groups excluding carboxylic acids is 1. The van der Waals surface area contributed by atoms with Gasteiger partial charge >= 0.3 is 0 Å². The van der Waals surface area contributed by atoms with E-state index in [4.69, 9.17) is 11.6 Å². The number of aryl methyl sites for hydroxylation is 1. The summed E-state index contributed by atoms with van der Waals surface area (Å²) in [5, 5.41) is 11.9. The Morgan fingerprint density at radius 2 is 2.17 bits per heavy atom. The molecule has 6 heteroatoms. The number of aromatic nitrogens is 3. The van der Waals surface area contributed by atoms with Crippen LogP contribution in [0.1, 0.15) is 60.2 Å². The predicted molar refractivity (Wildman–Crippen MR) is 89.7 cm³/mol. The van der Waals surface area contributed by atoms with E-state index >= 15 is 0 Å². The number of halogens is 1. The topological polar surface area (TPSA) is 59.8 Å². The van der Waals surface area contributed by atoms with Gasteiger partial charge in [0, 0.05) is 23.6 Å². The summed E-state index contributed by atoms with van der Waals surface area (Å²) >= 11 is 6.26. The highest BCUT2D eigenvalue weighted by atomic mass is 35.5. The number of fused-ring (bicyclic) bond motifs is 1. The Balaban J connectivity index is 1.68. The van der Waals surface area contributed by atoms with Gasteiger partial charge < -0.3 is 9.88 Å². The molecule has 122 valence electrons. The van der Waals surface area contributed by atoms with Crippen LogP contribution < -0.4 is 5.32 Å². The molecule has 0 atom stereocenters. The van der Waals surface area contributed by atoms with Gasteiger partial charge in [0.25, 0.3) is 5.91 Å². The van der Waals surface area contributed by atoms with Crippen LogP contribution in [0.5, 0.6) is 0 Å². The average Bonchev–Trinajstić information content (AvgIpc) is 2.95. The maximum absolute atomic E-state index is 12.3. The fourth-order valence-electron chi connectivity index (χ4n) is 2.90. The molecule has 0 saturated carbocycles. The van der Waals surface area contributed by atoms with Gasteiger partial charge in [0.1, 0.15) is 5.82 Å². The zero-order valence-corrected chi connectivity index (χ0v) is 14.2. The third-order valence-electron chi connectivity index (χ3n) is 4.23. The molecule has 0 radical (unpaired) electrons. The van der Waals surface area contributed by atoms with Gasteiger partial charge in [-0.3, -0.25) is 4.79 Å². The molecule has 0 unspecified atom stereocenters. The molecule has 2 heterocycles. The standard InChI is InChI=1S/C17H21ClN4O/c1-11(2)13-7-6-12(9-14(13)18)17(23)19-10-16-21-20-15-5-3-4-8-22(15)16/h6-7,9,11H,3-5,8,10H2,1-2H3,(H,19,23). The van der Waals surface area contributed by atoms with Crippen LogP contribution in [0.4, 0.5) is 0 Å². The molecular formula is C17H21ClN4O. The Morgan fingerprint density at radius 1 is 1.35 bits per heavy atom. The van der Waals surface area contributed by atoms with E-state index in [1.165, 1.54) is 0 Å². The number of hydrogen-bond acceptors (Lipinski definition) is 3. The van der Waals surface area contributed by atoms with E-state index < -0.39 is 0 Å². The molecule has 0 spiro atoms. The summed E-state index contributed by atoms with van der Waals surface area (Å²) in [6.45, 7) is 5.47.